The summed E-state index contributed by atoms with van der Waals surface area (Å²) >= 11 is 6.02. The van der Waals surface area contributed by atoms with Gasteiger partial charge in [0.05, 0.1) is 6.20 Å². The van der Waals surface area contributed by atoms with Crippen LogP contribution in [0, 0.1) is 6.92 Å². The van der Waals surface area contributed by atoms with Crippen molar-refractivity contribution in [2.45, 2.75) is 13.5 Å². The molecule has 0 saturated carbocycles. The highest BCUT2D eigenvalue weighted by molar-refractivity contribution is 6.30. The van der Waals surface area contributed by atoms with Crippen LogP contribution in [0.5, 0.6) is 0 Å². The van der Waals surface area contributed by atoms with E-state index >= 15 is 0 Å². The molecule has 7 heteroatoms. The maximum absolute atomic E-state index is 6.02. The second-order valence-corrected chi connectivity index (χ2v) is 5.40. The highest BCUT2D eigenvalue weighted by Crippen LogP contribution is 2.22. The molecule has 6 nitrogen and oxygen atoms in total. The highest BCUT2D eigenvalue weighted by Gasteiger charge is 2.04. The van der Waals surface area contributed by atoms with Crippen LogP contribution in [-0.4, -0.2) is 20.2 Å². The summed E-state index contributed by atoms with van der Waals surface area (Å²) in [5.74, 6) is 1.04. The zero-order valence-electron chi connectivity index (χ0n) is 12.5. The number of benzene rings is 1. The topological polar surface area (TPSA) is 75.6 Å². The number of aryl methyl sites for hydroxylation is 1. The summed E-state index contributed by atoms with van der Waals surface area (Å²) in [5.41, 5.74) is 2.96. The van der Waals surface area contributed by atoms with Gasteiger partial charge in [-0.05, 0) is 36.2 Å². The van der Waals surface area contributed by atoms with Crippen molar-refractivity contribution < 1.29 is 0 Å². The average molecular weight is 327 g/mol. The summed E-state index contributed by atoms with van der Waals surface area (Å²) in [6.45, 7) is 2.60. The first-order valence-corrected chi connectivity index (χ1v) is 7.44. The van der Waals surface area contributed by atoms with Crippen molar-refractivity contribution in [1.82, 2.24) is 20.2 Å². The zero-order valence-corrected chi connectivity index (χ0v) is 13.2. The lowest BCUT2D eigenvalue weighted by molar-refractivity contribution is 0.964. The summed E-state index contributed by atoms with van der Waals surface area (Å²) in [6, 6.07) is 9.49. The molecule has 0 bridgehead atoms. The molecule has 0 aliphatic carbocycles. The predicted molar refractivity (Wildman–Crippen MR) is 90.9 cm³/mol. The Morgan fingerprint density at radius 2 is 2.09 bits per heavy atom. The molecular weight excluding hydrogens is 312 g/mol. The monoisotopic (exact) mass is 326 g/mol. The minimum Gasteiger partial charge on any atom is -0.364 e. The Hall–Kier alpha value is -2.73. The summed E-state index contributed by atoms with van der Waals surface area (Å²) in [7, 11) is 0. The van der Waals surface area contributed by atoms with Gasteiger partial charge >= 0.3 is 0 Å². The van der Waals surface area contributed by atoms with Gasteiger partial charge in [0.25, 0.3) is 0 Å². The number of anilines is 3. The Morgan fingerprint density at radius 3 is 2.91 bits per heavy atom. The van der Waals surface area contributed by atoms with Gasteiger partial charge < -0.3 is 10.6 Å². The molecule has 0 aliphatic heterocycles. The maximum atomic E-state index is 6.02. The van der Waals surface area contributed by atoms with Gasteiger partial charge in [0.15, 0.2) is 5.82 Å². The molecule has 0 fully saturated rings. The van der Waals surface area contributed by atoms with E-state index in [9.17, 15) is 0 Å². The fraction of sp³-hybridized carbons (Fsp3) is 0.125. The van der Waals surface area contributed by atoms with Crippen LogP contribution in [0.2, 0.25) is 5.02 Å². The van der Waals surface area contributed by atoms with E-state index in [2.05, 4.69) is 30.8 Å². The number of rotatable bonds is 5. The molecule has 2 aromatic heterocycles. The quantitative estimate of drug-likeness (QED) is 0.746. The summed E-state index contributed by atoms with van der Waals surface area (Å²) in [4.78, 5) is 8.47. The maximum Gasteiger partial charge on any atom is 0.249 e. The van der Waals surface area contributed by atoms with Crippen LogP contribution >= 0.6 is 11.6 Å². The van der Waals surface area contributed by atoms with E-state index in [0.29, 0.717) is 23.3 Å². The van der Waals surface area contributed by atoms with Gasteiger partial charge in [0, 0.05) is 29.6 Å². The number of nitrogens with zero attached hydrogens (tertiary/aromatic N) is 4. The minimum absolute atomic E-state index is 0.409. The summed E-state index contributed by atoms with van der Waals surface area (Å²) in [6.07, 6.45) is 5.12. The first-order chi connectivity index (χ1) is 11.2. The number of halogens is 1. The van der Waals surface area contributed by atoms with E-state index in [4.69, 9.17) is 11.6 Å². The molecule has 0 spiro atoms. The minimum atomic E-state index is 0.409. The lowest BCUT2D eigenvalue weighted by Gasteiger charge is -2.09. The first kappa shape index (κ1) is 15.2. The standard InChI is InChI=1S/C16H15ClN6/c1-11-4-5-13(17)7-14(11)21-16-22-15(10-20-23-16)19-9-12-3-2-6-18-8-12/h2-8,10H,9H2,1H3,(H2,19,21,22,23). The van der Waals surface area contributed by atoms with E-state index in [-0.39, 0.29) is 0 Å². The molecule has 3 rings (SSSR count). The molecule has 0 radical (unpaired) electrons. The molecule has 2 heterocycles. The van der Waals surface area contributed by atoms with Crippen LogP contribution in [0.1, 0.15) is 11.1 Å². The highest BCUT2D eigenvalue weighted by atomic mass is 35.5. The zero-order chi connectivity index (χ0) is 16.1. The molecular formula is C16H15ClN6. The lowest BCUT2D eigenvalue weighted by atomic mass is 10.2. The Bertz CT molecular complexity index is 794. The van der Waals surface area contributed by atoms with Crippen molar-refractivity contribution in [3.05, 3.63) is 65.1 Å². The Labute approximate surface area is 139 Å². The molecule has 3 aromatic rings. The number of hydrogen-bond donors (Lipinski definition) is 2. The predicted octanol–water partition coefficient (Wildman–Crippen LogP) is 3.58. The molecule has 0 atom stereocenters. The second kappa shape index (κ2) is 7.02. The van der Waals surface area contributed by atoms with Crippen molar-refractivity contribution in [3.8, 4) is 0 Å². The summed E-state index contributed by atoms with van der Waals surface area (Å²) in [5, 5.41) is 14.9. The number of pyridine rings is 1. The van der Waals surface area contributed by atoms with Crippen LogP contribution in [0.3, 0.4) is 0 Å². The molecule has 0 aliphatic rings. The Morgan fingerprint density at radius 1 is 1.17 bits per heavy atom. The Kier molecular flexibility index (Phi) is 4.63. The van der Waals surface area contributed by atoms with Crippen molar-refractivity contribution >= 4 is 29.1 Å². The van der Waals surface area contributed by atoms with Crippen LogP contribution < -0.4 is 10.6 Å². The van der Waals surface area contributed by atoms with Gasteiger partial charge in [-0.15, -0.1) is 5.10 Å². The molecule has 116 valence electrons. The first-order valence-electron chi connectivity index (χ1n) is 7.06. The van der Waals surface area contributed by atoms with Crippen molar-refractivity contribution in [2.24, 2.45) is 0 Å². The van der Waals surface area contributed by atoms with E-state index in [0.717, 1.165) is 16.8 Å². The molecule has 0 unspecified atom stereocenters. The molecule has 2 N–H and O–H groups in total. The fourth-order valence-electron chi connectivity index (χ4n) is 1.99. The normalized spacial score (nSPS) is 10.3. The van der Waals surface area contributed by atoms with Gasteiger partial charge in [-0.2, -0.15) is 10.1 Å². The summed E-state index contributed by atoms with van der Waals surface area (Å²) < 4.78 is 0. The van der Waals surface area contributed by atoms with E-state index < -0.39 is 0 Å². The number of aromatic nitrogens is 4. The van der Waals surface area contributed by atoms with Crippen LogP contribution in [-0.2, 0) is 6.54 Å². The van der Waals surface area contributed by atoms with Crippen molar-refractivity contribution in [3.63, 3.8) is 0 Å². The second-order valence-electron chi connectivity index (χ2n) is 4.96. The van der Waals surface area contributed by atoms with E-state index in [1.807, 2.05) is 37.3 Å². The van der Waals surface area contributed by atoms with Crippen LogP contribution in [0.4, 0.5) is 17.5 Å². The van der Waals surface area contributed by atoms with E-state index in [1.165, 1.54) is 0 Å². The average Bonchev–Trinajstić information content (AvgIpc) is 2.58. The SMILES string of the molecule is Cc1ccc(Cl)cc1Nc1nncc(NCc2cccnc2)n1. The third-order valence-electron chi connectivity index (χ3n) is 3.20. The van der Waals surface area contributed by atoms with Crippen LogP contribution in [0.15, 0.2) is 48.9 Å². The molecule has 0 amide bonds. The van der Waals surface area contributed by atoms with Crippen LogP contribution in [0.25, 0.3) is 0 Å². The largest absolute Gasteiger partial charge is 0.364 e. The fourth-order valence-corrected chi connectivity index (χ4v) is 2.16. The lowest BCUT2D eigenvalue weighted by Crippen LogP contribution is -2.06. The molecule has 23 heavy (non-hydrogen) atoms. The van der Waals surface area contributed by atoms with Gasteiger partial charge in [-0.1, -0.05) is 23.7 Å². The Balaban J connectivity index is 1.71. The van der Waals surface area contributed by atoms with Crippen molar-refractivity contribution in [2.75, 3.05) is 10.6 Å². The van der Waals surface area contributed by atoms with Gasteiger partial charge in [0.2, 0.25) is 5.95 Å². The smallest absolute Gasteiger partial charge is 0.249 e. The third-order valence-corrected chi connectivity index (χ3v) is 3.44. The van der Waals surface area contributed by atoms with Gasteiger partial charge in [-0.3, -0.25) is 4.98 Å². The third kappa shape index (κ3) is 4.14. The van der Waals surface area contributed by atoms with Crippen molar-refractivity contribution in [1.29, 1.82) is 0 Å². The number of nitrogens with one attached hydrogen (secondary N) is 2. The van der Waals surface area contributed by atoms with Gasteiger partial charge in [0.1, 0.15) is 0 Å². The molecule has 0 saturated heterocycles. The van der Waals surface area contributed by atoms with Gasteiger partial charge in [-0.25, -0.2) is 0 Å². The number of hydrogen-bond acceptors (Lipinski definition) is 6. The van der Waals surface area contributed by atoms with E-state index in [1.54, 1.807) is 18.6 Å². The molecule has 1 aromatic carbocycles.